The summed E-state index contributed by atoms with van der Waals surface area (Å²) in [6.45, 7) is 0. The summed E-state index contributed by atoms with van der Waals surface area (Å²) in [4.78, 5) is 11.7. The molecule has 0 aliphatic carbocycles. The van der Waals surface area contributed by atoms with Gasteiger partial charge in [-0.05, 0) is 58.5 Å². The third-order valence-electron chi connectivity index (χ3n) is 1.95. The molecule has 0 bridgehead atoms. The molecule has 0 saturated carbocycles. The molecule has 1 heterocycles. The summed E-state index contributed by atoms with van der Waals surface area (Å²) in [7, 11) is 0. The summed E-state index contributed by atoms with van der Waals surface area (Å²) in [6.07, 6.45) is 1.38. The lowest BCUT2D eigenvalue weighted by molar-refractivity contribution is 0.102. The van der Waals surface area contributed by atoms with Gasteiger partial charge in [0.05, 0.1) is 11.8 Å². The number of hydrogen-bond donors (Lipinski definition) is 1. The highest BCUT2D eigenvalue weighted by molar-refractivity contribution is 14.1. The minimum atomic E-state index is -0.277. The molecule has 0 saturated heterocycles. The molecule has 16 heavy (non-hydrogen) atoms. The van der Waals surface area contributed by atoms with Crippen LogP contribution in [0.25, 0.3) is 0 Å². The molecular formula is C11H7ClINO2. The van der Waals surface area contributed by atoms with Crippen LogP contribution in [-0.2, 0) is 0 Å². The van der Waals surface area contributed by atoms with Crippen molar-refractivity contribution in [3.05, 3.63) is 50.9 Å². The zero-order valence-electron chi connectivity index (χ0n) is 8.04. The number of carbonyl (C=O) groups excluding carboxylic acids is 1. The molecule has 0 atom stereocenters. The number of anilines is 1. The molecule has 0 spiro atoms. The fourth-order valence-corrected chi connectivity index (χ4v) is 1.96. The van der Waals surface area contributed by atoms with Gasteiger partial charge in [-0.15, -0.1) is 0 Å². The molecule has 0 unspecified atom stereocenters. The second kappa shape index (κ2) is 4.88. The van der Waals surface area contributed by atoms with Crippen molar-refractivity contribution in [1.29, 1.82) is 0 Å². The molecule has 2 aromatic rings. The minimum absolute atomic E-state index is 0.100. The Morgan fingerprint density at radius 3 is 2.81 bits per heavy atom. The maximum atomic E-state index is 11.7. The van der Waals surface area contributed by atoms with Gasteiger partial charge in [0.25, 0.3) is 5.91 Å². The average molecular weight is 348 g/mol. The Kier molecular flexibility index (Phi) is 3.50. The predicted octanol–water partition coefficient (Wildman–Crippen LogP) is 3.79. The van der Waals surface area contributed by atoms with Crippen molar-refractivity contribution in [2.24, 2.45) is 0 Å². The molecule has 0 radical (unpaired) electrons. The molecule has 82 valence electrons. The monoisotopic (exact) mass is 347 g/mol. The van der Waals surface area contributed by atoms with E-state index in [9.17, 15) is 4.79 Å². The Hall–Kier alpha value is -1.01. The molecular weight excluding hydrogens is 340 g/mol. The number of halogens is 2. The first-order chi connectivity index (χ1) is 7.66. The van der Waals surface area contributed by atoms with Gasteiger partial charge in [-0.25, -0.2) is 0 Å². The fourth-order valence-electron chi connectivity index (χ4n) is 1.22. The third-order valence-corrected chi connectivity index (χ3v) is 2.91. The minimum Gasteiger partial charge on any atom is -0.452 e. The van der Waals surface area contributed by atoms with Gasteiger partial charge in [-0.1, -0.05) is 6.07 Å². The standard InChI is InChI=1S/C11H7ClINO2/c12-10-9(4-5-16-10)11(15)14-8-3-1-2-7(13)6-8/h1-6H,(H,14,15). The Morgan fingerprint density at radius 1 is 1.38 bits per heavy atom. The van der Waals surface area contributed by atoms with Crippen LogP contribution in [0.1, 0.15) is 10.4 Å². The van der Waals surface area contributed by atoms with Crippen LogP contribution in [0.4, 0.5) is 5.69 Å². The highest BCUT2D eigenvalue weighted by atomic mass is 127. The predicted molar refractivity (Wildman–Crippen MR) is 70.8 cm³/mol. The van der Waals surface area contributed by atoms with E-state index in [0.29, 0.717) is 5.56 Å². The zero-order valence-corrected chi connectivity index (χ0v) is 10.9. The quantitative estimate of drug-likeness (QED) is 0.840. The van der Waals surface area contributed by atoms with E-state index in [1.165, 1.54) is 12.3 Å². The van der Waals surface area contributed by atoms with E-state index in [4.69, 9.17) is 16.0 Å². The lowest BCUT2D eigenvalue weighted by atomic mass is 10.3. The lowest BCUT2D eigenvalue weighted by Gasteiger charge is -2.03. The van der Waals surface area contributed by atoms with Crippen molar-refractivity contribution < 1.29 is 9.21 Å². The van der Waals surface area contributed by atoms with Crippen LogP contribution in [0.15, 0.2) is 41.0 Å². The van der Waals surface area contributed by atoms with E-state index < -0.39 is 0 Å². The molecule has 1 amide bonds. The van der Waals surface area contributed by atoms with Crippen molar-refractivity contribution in [3.8, 4) is 0 Å². The first kappa shape index (κ1) is 11.5. The van der Waals surface area contributed by atoms with Crippen LogP contribution < -0.4 is 5.32 Å². The molecule has 0 aliphatic rings. The number of carbonyl (C=O) groups is 1. The number of furan rings is 1. The van der Waals surface area contributed by atoms with E-state index in [1.54, 1.807) is 0 Å². The van der Waals surface area contributed by atoms with Crippen molar-refractivity contribution in [1.82, 2.24) is 0 Å². The second-order valence-corrected chi connectivity index (χ2v) is 4.66. The number of hydrogen-bond acceptors (Lipinski definition) is 2. The first-order valence-corrected chi connectivity index (χ1v) is 5.92. The highest BCUT2D eigenvalue weighted by Gasteiger charge is 2.12. The summed E-state index contributed by atoms with van der Waals surface area (Å²) >= 11 is 7.88. The summed E-state index contributed by atoms with van der Waals surface area (Å²) < 4.78 is 5.90. The molecule has 0 fully saturated rings. The van der Waals surface area contributed by atoms with E-state index in [-0.39, 0.29) is 11.1 Å². The van der Waals surface area contributed by atoms with Crippen LogP contribution in [-0.4, -0.2) is 5.91 Å². The number of rotatable bonds is 2. The van der Waals surface area contributed by atoms with Crippen molar-refractivity contribution in [2.75, 3.05) is 5.32 Å². The van der Waals surface area contributed by atoms with E-state index >= 15 is 0 Å². The van der Waals surface area contributed by atoms with Gasteiger partial charge >= 0.3 is 0 Å². The van der Waals surface area contributed by atoms with Gasteiger partial charge in [0.15, 0.2) is 0 Å². The maximum Gasteiger partial charge on any atom is 0.260 e. The Bertz CT molecular complexity index is 524. The number of amides is 1. The highest BCUT2D eigenvalue weighted by Crippen LogP contribution is 2.19. The lowest BCUT2D eigenvalue weighted by Crippen LogP contribution is -2.11. The summed E-state index contributed by atoms with van der Waals surface area (Å²) in [5, 5.41) is 2.84. The summed E-state index contributed by atoms with van der Waals surface area (Å²) in [5.41, 5.74) is 1.06. The van der Waals surface area contributed by atoms with Gasteiger partial charge in [0, 0.05) is 9.26 Å². The Balaban J connectivity index is 2.17. The van der Waals surface area contributed by atoms with Gasteiger partial charge in [-0.2, -0.15) is 0 Å². The normalized spacial score (nSPS) is 10.1. The van der Waals surface area contributed by atoms with Crippen LogP contribution in [0, 0.1) is 3.57 Å². The van der Waals surface area contributed by atoms with Crippen LogP contribution in [0.2, 0.25) is 5.22 Å². The third kappa shape index (κ3) is 2.56. The van der Waals surface area contributed by atoms with Crippen LogP contribution in [0.3, 0.4) is 0 Å². The van der Waals surface area contributed by atoms with Gasteiger partial charge in [0.2, 0.25) is 5.22 Å². The van der Waals surface area contributed by atoms with Gasteiger partial charge in [-0.3, -0.25) is 4.79 Å². The SMILES string of the molecule is O=C(Nc1cccc(I)c1)c1ccoc1Cl. The summed E-state index contributed by atoms with van der Waals surface area (Å²) in [6, 6.07) is 9.03. The average Bonchev–Trinajstić information content (AvgIpc) is 2.64. The molecule has 0 aliphatic heterocycles. The van der Waals surface area contributed by atoms with Crippen LogP contribution in [0.5, 0.6) is 0 Å². The zero-order chi connectivity index (χ0) is 11.5. The van der Waals surface area contributed by atoms with Gasteiger partial charge in [0.1, 0.15) is 0 Å². The molecule has 3 nitrogen and oxygen atoms in total. The smallest absolute Gasteiger partial charge is 0.260 e. The van der Waals surface area contributed by atoms with Gasteiger partial charge < -0.3 is 9.73 Å². The van der Waals surface area contributed by atoms with Crippen molar-refractivity contribution in [2.45, 2.75) is 0 Å². The Labute approximate surface area is 111 Å². The Morgan fingerprint density at radius 2 is 2.19 bits per heavy atom. The van der Waals surface area contributed by atoms with Crippen LogP contribution >= 0.6 is 34.2 Å². The number of nitrogens with one attached hydrogen (secondary N) is 1. The first-order valence-electron chi connectivity index (χ1n) is 4.47. The maximum absolute atomic E-state index is 11.7. The molecule has 1 N–H and O–H groups in total. The number of benzene rings is 1. The van der Waals surface area contributed by atoms with Crippen molar-refractivity contribution in [3.63, 3.8) is 0 Å². The van der Waals surface area contributed by atoms with Crippen molar-refractivity contribution >= 4 is 45.8 Å². The van der Waals surface area contributed by atoms with E-state index in [2.05, 4.69) is 27.9 Å². The fraction of sp³-hybridized carbons (Fsp3) is 0. The topological polar surface area (TPSA) is 42.2 Å². The molecule has 2 rings (SSSR count). The summed E-state index contributed by atoms with van der Waals surface area (Å²) in [5.74, 6) is -0.277. The molecule has 1 aromatic heterocycles. The largest absolute Gasteiger partial charge is 0.452 e. The van der Waals surface area contributed by atoms with E-state index in [1.807, 2.05) is 24.3 Å². The second-order valence-electron chi connectivity index (χ2n) is 3.07. The molecule has 5 heteroatoms. The molecule has 1 aromatic carbocycles. The van der Waals surface area contributed by atoms with E-state index in [0.717, 1.165) is 9.26 Å².